The molecular formula is C23H26F2N6O. The van der Waals surface area contributed by atoms with Crippen LogP contribution in [0.4, 0.5) is 31.7 Å². The molecule has 7 nitrogen and oxygen atoms in total. The number of nitrogens with two attached hydrogens (primary N) is 1. The minimum Gasteiger partial charge on any atom is -0.404 e. The van der Waals surface area contributed by atoms with Gasteiger partial charge in [0.2, 0.25) is 5.91 Å². The lowest BCUT2D eigenvalue weighted by Gasteiger charge is -2.33. The summed E-state index contributed by atoms with van der Waals surface area (Å²) in [5, 5.41) is 6.27. The molecule has 0 saturated heterocycles. The third-order valence-corrected chi connectivity index (χ3v) is 5.71. The SMILES string of the molecule is CN=C/C(=C\N)c1cc2c(cc1C(F)F)N(c1nccc3c1N[C@H](C)CC(=O)N3)CCC2. The number of hydrogen-bond donors (Lipinski definition) is 3. The minimum atomic E-state index is -2.68. The second-order valence-corrected chi connectivity index (χ2v) is 7.99. The van der Waals surface area contributed by atoms with E-state index in [0.717, 1.165) is 18.4 Å². The van der Waals surface area contributed by atoms with E-state index in [0.29, 0.717) is 47.0 Å². The molecule has 0 fully saturated rings. The van der Waals surface area contributed by atoms with E-state index in [2.05, 4.69) is 20.6 Å². The number of aliphatic imine (C=N–C) groups is 1. The lowest BCUT2D eigenvalue weighted by molar-refractivity contribution is -0.116. The topological polar surface area (TPSA) is 95.6 Å². The Balaban J connectivity index is 1.86. The van der Waals surface area contributed by atoms with Gasteiger partial charge in [-0.2, -0.15) is 0 Å². The molecule has 4 N–H and O–H groups in total. The molecule has 9 heteroatoms. The summed E-state index contributed by atoms with van der Waals surface area (Å²) >= 11 is 0. The molecule has 168 valence electrons. The predicted octanol–water partition coefficient (Wildman–Crippen LogP) is 4.25. The summed E-state index contributed by atoms with van der Waals surface area (Å²) < 4.78 is 28.2. The van der Waals surface area contributed by atoms with Crippen LogP contribution < -0.4 is 21.3 Å². The second-order valence-electron chi connectivity index (χ2n) is 7.99. The third kappa shape index (κ3) is 4.02. The maximum Gasteiger partial charge on any atom is 0.264 e. The third-order valence-electron chi connectivity index (χ3n) is 5.71. The largest absolute Gasteiger partial charge is 0.404 e. The number of carbonyl (C=O) groups excluding carboxylic acids is 1. The van der Waals surface area contributed by atoms with E-state index in [1.54, 1.807) is 25.4 Å². The van der Waals surface area contributed by atoms with Gasteiger partial charge in [-0.1, -0.05) is 0 Å². The number of aromatic nitrogens is 1. The van der Waals surface area contributed by atoms with Gasteiger partial charge in [-0.25, -0.2) is 13.8 Å². The quantitative estimate of drug-likeness (QED) is 0.618. The van der Waals surface area contributed by atoms with E-state index in [1.807, 2.05) is 11.8 Å². The molecule has 0 saturated carbocycles. The number of alkyl halides is 2. The van der Waals surface area contributed by atoms with E-state index < -0.39 is 6.43 Å². The number of amides is 1. The Bertz CT molecular complexity index is 1100. The lowest BCUT2D eigenvalue weighted by atomic mass is 9.92. The van der Waals surface area contributed by atoms with Gasteiger partial charge in [0.1, 0.15) is 5.69 Å². The van der Waals surface area contributed by atoms with Gasteiger partial charge >= 0.3 is 0 Å². The van der Waals surface area contributed by atoms with E-state index in [4.69, 9.17) is 5.73 Å². The fourth-order valence-corrected chi connectivity index (χ4v) is 4.32. The average molecular weight is 440 g/mol. The molecule has 0 unspecified atom stereocenters. The van der Waals surface area contributed by atoms with Crippen LogP contribution in [-0.2, 0) is 11.2 Å². The number of allylic oxidation sites excluding steroid dienone is 1. The zero-order valence-electron chi connectivity index (χ0n) is 18.0. The van der Waals surface area contributed by atoms with Crippen LogP contribution in [0.15, 0.2) is 35.6 Å². The molecule has 0 spiro atoms. The van der Waals surface area contributed by atoms with Gasteiger partial charge in [-0.05, 0) is 49.1 Å². The van der Waals surface area contributed by atoms with Gasteiger partial charge in [0.05, 0.1) is 5.69 Å². The molecule has 1 aromatic heterocycles. The fraction of sp³-hybridized carbons (Fsp3) is 0.348. The standard InChI is InChI=1S/C23H26F2N6O/c1-13-8-20(32)30-18-5-6-28-23(21(18)29-13)31-7-3-4-14-9-16(15(11-26)12-27-2)17(22(24)25)10-19(14)31/h5-6,9-13,22,29H,3-4,7-8,26H2,1-2H3,(H,30,32)/b15-11+,27-12?/t13-/m1/s1. The van der Waals surface area contributed by atoms with E-state index in [1.165, 1.54) is 18.5 Å². The molecule has 2 aliphatic heterocycles. The number of halogens is 2. The first-order valence-corrected chi connectivity index (χ1v) is 10.5. The van der Waals surface area contributed by atoms with E-state index >= 15 is 0 Å². The number of anilines is 4. The number of nitrogens with zero attached hydrogens (tertiary/aromatic N) is 3. The molecule has 1 atom stereocenters. The molecule has 0 bridgehead atoms. The molecule has 1 amide bonds. The maximum atomic E-state index is 14.1. The molecule has 4 rings (SSSR count). The first-order valence-electron chi connectivity index (χ1n) is 10.5. The van der Waals surface area contributed by atoms with Crippen LogP contribution in [0.5, 0.6) is 0 Å². The van der Waals surface area contributed by atoms with Crippen LogP contribution in [0.1, 0.15) is 42.9 Å². The maximum absolute atomic E-state index is 14.1. The van der Waals surface area contributed by atoms with Crippen molar-refractivity contribution >= 4 is 40.6 Å². The molecule has 32 heavy (non-hydrogen) atoms. The van der Waals surface area contributed by atoms with Crippen molar-refractivity contribution in [3.8, 4) is 0 Å². The summed E-state index contributed by atoms with van der Waals surface area (Å²) in [5.74, 6) is 0.526. The summed E-state index contributed by atoms with van der Waals surface area (Å²) in [5.41, 5.74) is 9.39. The Labute approximate surface area is 185 Å². The predicted molar refractivity (Wildman–Crippen MR) is 124 cm³/mol. The van der Waals surface area contributed by atoms with Crippen molar-refractivity contribution in [3.63, 3.8) is 0 Å². The van der Waals surface area contributed by atoms with Gasteiger partial charge in [-0.15, -0.1) is 0 Å². The van der Waals surface area contributed by atoms with Crippen molar-refractivity contribution in [2.75, 3.05) is 29.1 Å². The molecule has 3 heterocycles. The van der Waals surface area contributed by atoms with E-state index in [-0.39, 0.29) is 17.5 Å². The van der Waals surface area contributed by atoms with Gasteiger partial charge in [-0.3, -0.25) is 9.79 Å². The summed E-state index contributed by atoms with van der Waals surface area (Å²) in [4.78, 5) is 22.6. The highest BCUT2D eigenvalue weighted by Gasteiger charge is 2.29. The summed E-state index contributed by atoms with van der Waals surface area (Å²) in [6.07, 6.45) is 3.63. The van der Waals surface area contributed by atoms with Crippen LogP contribution in [0.2, 0.25) is 0 Å². The van der Waals surface area contributed by atoms with Crippen molar-refractivity contribution in [2.45, 2.75) is 38.7 Å². The van der Waals surface area contributed by atoms with Crippen molar-refractivity contribution in [3.05, 3.63) is 47.3 Å². The Morgan fingerprint density at radius 2 is 2.22 bits per heavy atom. The Hall–Kier alpha value is -3.49. The number of carbonyl (C=O) groups is 1. The van der Waals surface area contributed by atoms with Crippen LogP contribution in [0, 0.1) is 0 Å². The lowest BCUT2D eigenvalue weighted by Crippen LogP contribution is -2.27. The normalized spacial score (nSPS) is 18.8. The van der Waals surface area contributed by atoms with Crippen molar-refractivity contribution in [2.24, 2.45) is 10.7 Å². The Kier molecular flexibility index (Phi) is 6.07. The molecule has 2 aliphatic rings. The van der Waals surface area contributed by atoms with Gasteiger partial charge in [0, 0.05) is 61.5 Å². The van der Waals surface area contributed by atoms with Crippen LogP contribution >= 0.6 is 0 Å². The average Bonchev–Trinajstić information content (AvgIpc) is 2.92. The molecule has 0 aliphatic carbocycles. The first-order chi connectivity index (χ1) is 15.4. The highest BCUT2D eigenvalue weighted by molar-refractivity contribution is 6.10. The van der Waals surface area contributed by atoms with Gasteiger partial charge in [0.15, 0.2) is 5.82 Å². The number of hydrogen-bond acceptors (Lipinski definition) is 6. The fourth-order valence-electron chi connectivity index (χ4n) is 4.32. The molecule has 0 radical (unpaired) electrons. The monoisotopic (exact) mass is 440 g/mol. The van der Waals surface area contributed by atoms with Gasteiger partial charge in [0.25, 0.3) is 6.43 Å². The first kappa shape index (κ1) is 21.7. The summed E-state index contributed by atoms with van der Waals surface area (Å²) in [7, 11) is 1.57. The van der Waals surface area contributed by atoms with Crippen molar-refractivity contribution in [1.29, 1.82) is 0 Å². The second kappa shape index (κ2) is 8.94. The van der Waals surface area contributed by atoms with Crippen molar-refractivity contribution in [1.82, 2.24) is 4.98 Å². The van der Waals surface area contributed by atoms with Gasteiger partial charge < -0.3 is 21.3 Å². The molecular weight excluding hydrogens is 414 g/mol. The molecule has 2 aromatic rings. The van der Waals surface area contributed by atoms with Crippen LogP contribution in [-0.4, -0.2) is 36.7 Å². The highest BCUT2D eigenvalue weighted by Crippen LogP contribution is 2.43. The molecule has 1 aromatic carbocycles. The highest BCUT2D eigenvalue weighted by atomic mass is 19.3. The minimum absolute atomic E-state index is 0.0803. The number of pyridine rings is 1. The van der Waals surface area contributed by atoms with Crippen LogP contribution in [0.25, 0.3) is 5.57 Å². The number of aryl methyl sites for hydroxylation is 1. The Morgan fingerprint density at radius 1 is 1.41 bits per heavy atom. The Morgan fingerprint density at radius 3 is 2.94 bits per heavy atom. The van der Waals surface area contributed by atoms with E-state index in [9.17, 15) is 13.6 Å². The van der Waals surface area contributed by atoms with Crippen LogP contribution in [0.3, 0.4) is 0 Å². The number of fused-ring (bicyclic) bond motifs is 2. The number of nitrogens with one attached hydrogen (secondary N) is 2. The van der Waals surface area contributed by atoms with Crippen molar-refractivity contribution < 1.29 is 13.6 Å². The zero-order valence-corrected chi connectivity index (χ0v) is 18.0. The number of benzene rings is 1. The smallest absolute Gasteiger partial charge is 0.264 e. The summed E-state index contributed by atoms with van der Waals surface area (Å²) in [6.45, 7) is 2.55. The zero-order chi connectivity index (χ0) is 22.8. The summed E-state index contributed by atoms with van der Waals surface area (Å²) in [6, 6.07) is 4.96. The number of rotatable bonds is 4.